The number of hydrogen-bond acceptors (Lipinski definition) is 3. The molecule has 1 atom stereocenters. The Morgan fingerprint density at radius 3 is 3.00 bits per heavy atom. The molecule has 1 aliphatic rings. The second-order valence-electron chi connectivity index (χ2n) is 5.02. The molecular formula is C15H24N2O. The third kappa shape index (κ3) is 3.03. The molecule has 100 valence electrons. The van der Waals surface area contributed by atoms with Gasteiger partial charge in [0.1, 0.15) is 0 Å². The van der Waals surface area contributed by atoms with Crippen molar-refractivity contribution in [3.05, 3.63) is 29.3 Å². The van der Waals surface area contributed by atoms with Crippen molar-refractivity contribution in [1.82, 2.24) is 0 Å². The molecule has 1 unspecified atom stereocenters. The molecule has 2 rings (SSSR count). The van der Waals surface area contributed by atoms with Crippen molar-refractivity contribution in [3.63, 3.8) is 0 Å². The summed E-state index contributed by atoms with van der Waals surface area (Å²) in [5.74, 6) is 0. The van der Waals surface area contributed by atoms with Crippen LogP contribution in [0.4, 0.5) is 5.69 Å². The van der Waals surface area contributed by atoms with E-state index in [2.05, 4.69) is 36.9 Å². The predicted molar refractivity (Wildman–Crippen MR) is 76.2 cm³/mol. The fourth-order valence-corrected chi connectivity index (χ4v) is 2.56. The van der Waals surface area contributed by atoms with Crippen LogP contribution in [0.5, 0.6) is 0 Å². The predicted octanol–water partition coefficient (Wildman–Crippen LogP) is 2.11. The minimum absolute atomic E-state index is 0.366. The first-order valence-corrected chi connectivity index (χ1v) is 6.90. The normalized spacial score (nSPS) is 20.2. The Bertz CT molecular complexity index is 392. The lowest BCUT2D eigenvalue weighted by atomic mass is 10.0. The van der Waals surface area contributed by atoms with Gasteiger partial charge < -0.3 is 15.4 Å². The summed E-state index contributed by atoms with van der Waals surface area (Å²) in [6.45, 7) is 7.84. The summed E-state index contributed by atoms with van der Waals surface area (Å²) in [4.78, 5) is 2.45. The van der Waals surface area contributed by atoms with Gasteiger partial charge in [0.05, 0.1) is 12.7 Å². The first-order chi connectivity index (χ1) is 8.74. The number of ether oxygens (including phenoxy) is 1. The Balaban J connectivity index is 2.20. The van der Waals surface area contributed by atoms with E-state index in [1.54, 1.807) is 0 Å². The fraction of sp³-hybridized carbons (Fsp3) is 0.600. The van der Waals surface area contributed by atoms with Crippen LogP contribution in [-0.2, 0) is 11.2 Å². The molecule has 3 nitrogen and oxygen atoms in total. The molecule has 1 aromatic carbocycles. The van der Waals surface area contributed by atoms with Crippen LogP contribution in [0.25, 0.3) is 0 Å². The maximum atomic E-state index is 5.74. The van der Waals surface area contributed by atoms with Crippen LogP contribution in [0.2, 0.25) is 0 Å². The van der Waals surface area contributed by atoms with Gasteiger partial charge in [-0.3, -0.25) is 0 Å². The minimum Gasteiger partial charge on any atom is -0.375 e. The molecule has 0 radical (unpaired) electrons. The van der Waals surface area contributed by atoms with Crippen LogP contribution in [0.1, 0.15) is 24.5 Å². The highest BCUT2D eigenvalue weighted by atomic mass is 16.5. The molecule has 0 bridgehead atoms. The third-order valence-electron chi connectivity index (χ3n) is 3.58. The molecular weight excluding hydrogens is 224 g/mol. The zero-order valence-corrected chi connectivity index (χ0v) is 11.5. The average Bonchev–Trinajstić information content (AvgIpc) is 2.39. The van der Waals surface area contributed by atoms with Gasteiger partial charge in [0.25, 0.3) is 0 Å². The van der Waals surface area contributed by atoms with Crippen molar-refractivity contribution in [3.8, 4) is 0 Å². The summed E-state index contributed by atoms with van der Waals surface area (Å²) in [6.07, 6.45) is 2.39. The second-order valence-corrected chi connectivity index (χ2v) is 5.02. The van der Waals surface area contributed by atoms with Gasteiger partial charge in [-0.05, 0) is 37.9 Å². The SMILES string of the molecule is CCC1CN(c2ccc(C)cc2CCN)CCO1. The fourth-order valence-electron chi connectivity index (χ4n) is 2.56. The molecule has 1 aromatic rings. The van der Waals surface area contributed by atoms with E-state index in [-0.39, 0.29) is 0 Å². The zero-order chi connectivity index (χ0) is 13.0. The number of aryl methyl sites for hydroxylation is 1. The third-order valence-corrected chi connectivity index (χ3v) is 3.58. The maximum absolute atomic E-state index is 5.74. The summed E-state index contributed by atoms with van der Waals surface area (Å²) < 4.78 is 5.74. The molecule has 1 heterocycles. The molecule has 1 saturated heterocycles. The van der Waals surface area contributed by atoms with Gasteiger partial charge in [0.2, 0.25) is 0 Å². The number of nitrogens with two attached hydrogens (primary N) is 1. The number of anilines is 1. The Morgan fingerprint density at radius 2 is 2.28 bits per heavy atom. The Hall–Kier alpha value is -1.06. The Labute approximate surface area is 110 Å². The summed E-state index contributed by atoms with van der Waals surface area (Å²) >= 11 is 0. The van der Waals surface area contributed by atoms with E-state index in [0.717, 1.165) is 32.5 Å². The molecule has 3 heteroatoms. The second kappa shape index (κ2) is 6.21. The molecule has 0 aromatic heterocycles. The average molecular weight is 248 g/mol. The molecule has 1 aliphatic heterocycles. The summed E-state index contributed by atoms with van der Waals surface area (Å²) in [5.41, 5.74) is 9.74. The highest BCUT2D eigenvalue weighted by Crippen LogP contribution is 2.25. The summed E-state index contributed by atoms with van der Waals surface area (Å²) in [7, 11) is 0. The van der Waals surface area contributed by atoms with Gasteiger partial charge in [-0.1, -0.05) is 24.6 Å². The Morgan fingerprint density at radius 1 is 1.44 bits per heavy atom. The highest BCUT2D eigenvalue weighted by molar-refractivity contribution is 5.55. The van der Waals surface area contributed by atoms with Crippen molar-refractivity contribution in [1.29, 1.82) is 0 Å². The summed E-state index contributed by atoms with van der Waals surface area (Å²) in [5, 5.41) is 0. The molecule has 0 aliphatic carbocycles. The van der Waals surface area contributed by atoms with Gasteiger partial charge in [0, 0.05) is 18.8 Å². The number of nitrogens with zero attached hydrogens (tertiary/aromatic N) is 1. The molecule has 0 amide bonds. The summed E-state index contributed by atoms with van der Waals surface area (Å²) in [6, 6.07) is 6.68. The van der Waals surface area contributed by atoms with E-state index >= 15 is 0 Å². The van der Waals surface area contributed by atoms with Gasteiger partial charge in [0.15, 0.2) is 0 Å². The molecule has 18 heavy (non-hydrogen) atoms. The number of hydrogen-bond donors (Lipinski definition) is 1. The number of morpholine rings is 1. The first-order valence-electron chi connectivity index (χ1n) is 6.90. The molecule has 2 N–H and O–H groups in total. The maximum Gasteiger partial charge on any atom is 0.0748 e. The van der Waals surface area contributed by atoms with E-state index in [0.29, 0.717) is 12.6 Å². The smallest absolute Gasteiger partial charge is 0.0748 e. The Kier molecular flexibility index (Phi) is 4.61. The van der Waals surface area contributed by atoms with Crippen LogP contribution in [0, 0.1) is 6.92 Å². The quantitative estimate of drug-likeness (QED) is 0.887. The monoisotopic (exact) mass is 248 g/mol. The standard InChI is InChI=1S/C15H24N2O/c1-3-14-11-17(8-9-18-14)15-5-4-12(2)10-13(15)6-7-16/h4-5,10,14H,3,6-9,11,16H2,1-2H3. The van der Waals surface area contributed by atoms with Crippen molar-refractivity contribution in [2.24, 2.45) is 5.73 Å². The van der Waals surface area contributed by atoms with Gasteiger partial charge in [-0.25, -0.2) is 0 Å². The van der Waals surface area contributed by atoms with Crippen molar-refractivity contribution in [2.45, 2.75) is 32.8 Å². The zero-order valence-electron chi connectivity index (χ0n) is 11.5. The van der Waals surface area contributed by atoms with Crippen LogP contribution in [0.3, 0.4) is 0 Å². The molecule has 0 spiro atoms. The van der Waals surface area contributed by atoms with E-state index in [9.17, 15) is 0 Å². The van der Waals surface area contributed by atoms with Gasteiger partial charge in [-0.2, -0.15) is 0 Å². The van der Waals surface area contributed by atoms with Crippen LogP contribution < -0.4 is 10.6 Å². The van der Waals surface area contributed by atoms with Crippen LogP contribution in [-0.4, -0.2) is 32.3 Å². The van der Waals surface area contributed by atoms with Crippen molar-refractivity contribution >= 4 is 5.69 Å². The van der Waals surface area contributed by atoms with Crippen LogP contribution >= 0.6 is 0 Å². The van der Waals surface area contributed by atoms with Gasteiger partial charge in [-0.15, -0.1) is 0 Å². The molecule has 1 fully saturated rings. The molecule has 0 saturated carbocycles. The topological polar surface area (TPSA) is 38.5 Å². The number of benzene rings is 1. The largest absolute Gasteiger partial charge is 0.375 e. The highest BCUT2D eigenvalue weighted by Gasteiger charge is 2.20. The minimum atomic E-state index is 0.366. The van der Waals surface area contributed by atoms with Crippen molar-refractivity contribution < 1.29 is 4.74 Å². The van der Waals surface area contributed by atoms with E-state index in [1.165, 1.54) is 16.8 Å². The lowest BCUT2D eigenvalue weighted by Gasteiger charge is -2.35. The van der Waals surface area contributed by atoms with Crippen molar-refractivity contribution in [2.75, 3.05) is 31.1 Å². The van der Waals surface area contributed by atoms with Crippen LogP contribution in [0.15, 0.2) is 18.2 Å². The van der Waals surface area contributed by atoms with E-state index < -0.39 is 0 Å². The lowest BCUT2D eigenvalue weighted by Crippen LogP contribution is -2.42. The van der Waals surface area contributed by atoms with E-state index in [1.807, 2.05) is 0 Å². The van der Waals surface area contributed by atoms with Gasteiger partial charge >= 0.3 is 0 Å². The van der Waals surface area contributed by atoms with E-state index in [4.69, 9.17) is 10.5 Å². The lowest BCUT2D eigenvalue weighted by molar-refractivity contribution is 0.0384. The number of rotatable bonds is 4. The first kappa shape index (κ1) is 13.4.